The summed E-state index contributed by atoms with van der Waals surface area (Å²) in [6.07, 6.45) is 4.36. The van der Waals surface area contributed by atoms with E-state index in [1.54, 1.807) is 31.8 Å². The van der Waals surface area contributed by atoms with Crippen molar-refractivity contribution in [3.05, 3.63) is 59.6 Å². The zero-order chi connectivity index (χ0) is 22.7. The molecule has 0 N–H and O–H groups in total. The predicted octanol–water partition coefficient (Wildman–Crippen LogP) is 4.90. The molecule has 0 aliphatic rings. The van der Waals surface area contributed by atoms with Gasteiger partial charge in [-0.3, -0.25) is 9.20 Å². The van der Waals surface area contributed by atoms with Crippen molar-refractivity contribution in [2.45, 2.75) is 26.8 Å². The first-order chi connectivity index (χ1) is 15.5. The molecule has 168 valence electrons. The van der Waals surface area contributed by atoms with Gasteiger partial charge in [0, 0.05) is 41.7 Å². The van der Waals surface area contributed by atoms with Crippen molar-refractivity contribution in [1.29, 1.82) is 0 Å². The van der Waals surface area contributed by atoms with Gasteiger partial charge in [-0.15, -0.1) is 11.3 Å². The first kappa shape index (κ1) is 22.0. The van der Waals surface area contributed by atoms with Gasteiger partial charge in [-0.05, 0) is 30.3 Å². The highest BCUT2D eigenvalue weighted by Gasteiger charge is 2.20. The Hall–Kier alpha value is -3.26. The summed E-state index contributed by atoms with van der Waals surface area (Å²) in [5.74, 6) is 2.31. The Morgan fingerprint density at radius 3 is 2.78 bits per heavy atom. The molecule has 0 fully saturated rings. The Bertz CT molecular complexity index is 1190. The summed E-state index contributed by atoms with van der Waals surface area (Å²) < 4.78 is 18.4. The molecule has 3 heterocycles. The van der Waals surface area contributed by atoms with Crippen LogP contribution in [-0.2, 0) is 17.8 Å². The van der Waals surface area contributed by atoms with E-state index in [1.165, 1.54) is 0 Å². The van der Waals surface area contributed by atoms with Crippen molar-refractivity contribution in [1.82, 2.24) is 14.3 Å². The first-order valence-electron chi connectivity index (χ1n) is 10.5. The lowest BCUT2D eigenvalue weighted by molar-refractivity contribution is -0.135. The number of thiazole rings is 1. The minimum Gasteiger partial charge on any atom is -0.497 e. The van der Waals surface area contributed by atoms with Crippen LogP contribution in [0.5, 0.6) is 11.5 Å². The number of benzene rings is 1. The number of fused-ring (bicyclic) bond motifs is 1. The first-order valence-corrected chi connectivity index (χ1v) is 11.4. The molecular formula is C24H27N3O4S. The van der Waals surface area contributed by atoms with Gasteiger partial charge in [0.1, 0.15) is 17.3 Å². The van der Waals surface area contributed by atoms with Gasteiger partial charge in [-0.2, -0.15) is 0 Å². The van der Waals surface area contributed by atoms with Crippen molar-refractivity contribution < 1.29 is 18.7 Å². The summed E-state index contributed by atoms with van der Waals surface area (Å²) in [7, 11) is 3.29. The van der Waals surface area contributed by atoms with E-state index in [4.69, 9.17) is 18.9 Å². The zero-order valence-corrected chi connectivity index (χ0v) is 19.5. The number of aromatic nitrogens is 2. The third-order valence-corrected chi connectivity index (χ3v) is 6.22. The second-order valence-electron chi connectivity index (χ2n) is 7.82. The number of furan rings is 1. The number of nitrogens with zero attached hydrogens (tertiary/aromatic N) is 3. The third-order valence-electron chi connectivity index (χ3n) is 5.34. The van der Waals surface area contributed by atoms with Crippen molar-refractivity contribution in [3.63, 3.8) is 0 Å². The molecule has 0 spiro atoms. The quantitative estimate of drug-likeness (QED) is 0.361. The largest absolute Gasteiger partial charge is 0.497 e. The summed E-state index contributed by atoms with van der Waals surface area (Å²) in [6, 6.07) is 9.41. The van der Waals surface area contributed by atoms with Crippen LogP contribution in [-0.4, -0.2) is 41.0 Å². The normalized spacial score (nSPS) is 11.3. The van der Waals surface area contributed by atoms with Crippen LogP contribution < -0.4 is 9.47 Å². The molecule has 0 radical (unpaired) electrons. The molecule has 0 bridgehead atoms. The van der Waals surface area contributed by atoms with E-state index < -0.39 is 0 Å². The van der Waals surface area contributed by atoms with Crippen LogP contribution in [0.25, 0.3) is 16.2 Å². The average Bonchev–Trinajstić information content (AvgIpc) is 3.53. The molecule has 0 saturated heterocycles. The van der Waals surface area contributed by atoms with E-state index >= 15 is 0 Å². The molecule has 0 atom stereocenters. The molecule has 4 aromatic rings. The predicted molar refractivity (Wildman–Crippen MR) is 124 cm³/mol. The van der Waals surface area contributed by atoms with Crippen molar-refractivity contribution >= 4 is 22.2 Å². The van der Waals surface area contributed by atoms with Gasteiger partial charge >= 0.3 is 0 Å². The minimum absolute atomic E-state index is 0.0761. The Morgan fingerprint density at radius 2 is 2.09 bits per heavy atom. The SMILES string of the molecule is COc1ccc(OC)c(-c2cn3c(CCN(Cc4ccco4)C(=O)C(C)C)csc3n2)c1. The van der Waals surface area contributed by atoms with E-state index in [2.05, 4.69) is 9.78 Å². The van der Waals surface area contributed by atoms with Gasteiger partial charge in [0.2, 0.25) is 5.91 Å². The second kappa shape index (κ2) is 9.48. The number of hydrogen-bond acceptors (Lipinski definition) is 6. The lowest BCUT2D eigenvalue weighted by atomic mass is 10.1. The summed E-state index contributed by atoms with van der Waals surface area (Å²) >= 11 is 1.58. The molecule has 0 saturated carbocycles. The van der Waals surface area contributed by atoms with E-state index in [-0.39, 0.29) is 11.8 Å². The number of amides is 1. The fraction of sp³-hybridized carbons (Fsp3) is 0.333. The van der Waals surface area contributed by atoms with Crippen molar-refractivity contribution in [3.8, 4) is 22.8 Å². The van der Waals surface area contributed by atoms with Crippen LogP contribution in [0.1, 0.15) is 25.3 Å². The Kier molecular flexibility index (Phi) is 6.50. The molecule has 1 aromatic carbocycles. The van der Waals surface area contributed by atoms with Crippen LogP contribution in [0.3, 0.4) is 0 Å². The summed E-state index contributed by atoms with van der Waals surface area (Å²) in [5.41, 5.74) is 2.80. The Labute approximate surface area is 191 Å². The number of ether oxygens (including phenoxy) is 2. The smallest absolute Gasteiger partial charge is 0.225 e. The molecular weight excluding hydrogens is 426 g/mol. The molecule has 7 nitrogen and oxygen atoms in total. The Morgan fingerprint density at radius 1 is 1.25 bits per heavy atom. The van der Waals surface area contributed by atoms with E-state index in [0.717, 1.165) is 39.2 Å². The van der Waals surface area contributed by atoms with Crippen LogP contribution >= 0.6 is 11.3 Å². The molecule has 8 heteroatoms. The third kappa shape index (κ3) is 4.50. The monoisotopic (exact) mass is 453 g/mol. The lowest BCUT2D eigenvalue weighted by Gasteiger charge is -2.23. The maximum absolute atomic E-state index is 12.8. The molecule has 1 amide bonds. The molecule has 32 heavy (non-hydrogen) atoms. The standard InChI is InChI=1S/C24H27N3O4S/c1-16(2)23(28)26(13-19-6-5-11-31-19)10-9-17-15-32-24-25-21(14-27(17)24)20-12-18(29-3)7-8-22(20)30-4/h5-8,11-12,14-16H,9-10,13H2,1-4H3. The van der Waals surface area contributed by atoms with Gasteiger partial charge in [0.15, 0.2) is 4.96 Å². The van der Waals surface area contributed by atoms with Crippen molar-refractivity contribution in [2.75, 3.05) is 20.8 Å². The molecule has 3 aromatic heterocycles. The van der Waals surface area contributed by atoms with Gasteiger partial charge in [-0.1, -0.05) is 13.8 Å². The number of hydrogen-bond donors (Lipinski definition) is 0. The molecule has 0 unspecified atom stereocenters. The summed E-state index contributed by atoms with van der Waals surface area (Å²) in [5, 5.41) is 2.10. The van der Waals surface area contributed by atoms with Crippen LogP contribution in [0.2, 0.25) is 0 Å². The van der Waals surface area contributed by atoms with Gasteiger partial charge in [0.25, 0.3) is 0 Å². The summed E-state index contributed by atoms with van der Waals surface area (Å²) in [6.45, 7) is 4.90. The molecule has 0 aliphatic carbocycles. The maximum Gasteiger partial charge on any atom is 0.225 e. The second-order valence-corrected chi connectivity index (χ2v) is 8.65. The number of imidazole rings is 1. The number of methoxy groups -OCH3 is 2. The number of rotatable bonds is 9. The fourth-order valence-electron chi connectivity index (χ4n) is 3.63. The van der Waals surface area contributed by atoms with Crippen molar-refractivity contribution in [2.24, 2.45) is 5.92 Å². The zero-order valence-electron chi connectivity index (χ0n) is 18.7. The van der Waals surface area contributed by atoms with E-state index in [0.29, 0.717) is 19.5 Å². The van der Waals surface area contributed by atoms with Crippen LogP contribution in [0.15, 0.2) is 52.6 Å². The fourth-order valence-corrected chi connectivity index (χ4v) is 4.53. The van der Waals surface area contributed by atoms with Gasteiger partial charge in [-0.25, -0.2) is 4.98 Å². The number of carbonyl (C=O) groups excluding carboxylic acids is 1. The van der Waals surface area contributed by atoms with Gasteiger partial charge in [0.05, 0.1) is 32.7 Å². The summed E-state index contributed by atoms with van der Waals surface area (Å²) in [4.78, 5) is 20.3. The topological polar surface area (TPSA) is 69.2 Å². The van der Waals surface area contributed by atoms with Crippen LogP contribution in [0, 0.1) is 5.92 Å². The Balaban J connectivity index is 1.58. The van der Waals surface area contributed by atoms with E-state index in [9.17, 15) is 4.79 Å². The average molecular weight is 454 g/mol. The minimum atomic E-state index is -0.0761. The number of carbonyl (C=O) groups is 1. The maximum atomic E-state index is 12.8. The highest BCUT2D eigenvalue weighted by molar-refractivity contribution is 7.15. The highest BCUT2D eigenvalue weighted by atomic mass is 32.1. The molecule has 4 rings (SSSR count). The lowest BCUT2D eigenvalue weighted by Crippen LogP contribution is -2.35. The molecule has 0 aliphatic heterocycles. The highest BCUT2D eigenvalue weighted by Crippen LogP contribution is 2.34. The van der Waals surface area contributed by atoms with E-state index in [1.807, 2.05) is 55.3 Å². The van der Waals surface area contributed by atoms with Gasteiger partial charge < -0.3 is 18.8 Å². The van der Waals surface area contributed by atoms with Crippen LogP contribution in [0.4, 0.5) is 0 Å².